The maximum atomic E-state index is 13.7. The van der Waals surface area contributed by atoms with Crippen LogP contribution in [-0.2, 0) is 46.2 Å². The van der Waals surface area contributed by atoms with E-state index in [2.05, 4.69) is 33.2 Å². The number of benzene rings is 2. The molecule has 1 fully saturated rings. The topological polar surface area (TPSA) is 170 Å². The third kappa shape index (κ3) is 9.25. The number of aliphatic hydroxyl groups is 2. The Morgan fingerprint density at radius 2 is 1.67 bits per heavy atom. The van der Waals surface area contributed by atoms with Gasteiger partial charge < -0.3 is 39.8 Å². The SMILES string of the molecule is C[C@H](O)[C@@H](NC(=O)C1=C[C@H]2OC3(Cc4ccccc4C3)O[C@H]2[C@H](OC(=O)c2ccc(I)cc2)C1)C(=O)N[C@H](CO)CCC(=O)OC(C)(C)C. The summed E-state index contributed by atoms with van der Waals surface area (Å²) < 4.78 is 25.2. The molecule has 0 radical (unpaired) electrons. The summed E-state index contributed by atoms with van der Waals surface area (Å²) in [6.07, 6.45) is -1.01. The summed E-state index contributed by atoms with van der Waals surface area (Å²) in [5.41, 5.74) is 2.04. The van der Waals surface area contributed by atoms with Crippen LogP contribution in [0.1, 0.15) is 68.4 Å². The van der Waals surface area contributed by atoms with Crippen LogP contribution < -0.4 is 10.6 Å². The van der Waals surface area contributed by atoms with Gasteiger partial charge in [-0.3, -0.25) is 14.4 Å². The molecule has 0 saturated carbocycles. The average molecular weight is 791 g/mol. The van der Waals surface area contributed by atoms with Crippen molar-refractivity contribution in [2.45, 2.75) is 108 Å². The number of halogens is 1. The predicted molar refractivity (Wildman–Crippen MR) is 185 cm³/mol. The van der Waals surface area contributed by atoms with Gasteiger partial charge in [0.05, 0.1) is 24.3 Å². The highest BCUT2D eigenvalue weighted by atomic mass is 127. The van der Waals surface area contributed by atoms with Crippen LogP contribution in [0.25, 0.3) is 0 Å². The number of nitrogens with one attached hydrogen (secondary N) is 2. The molecular formula is C36H43IN2O10. The first-order chi connectivity index (χ1) is 23.1. The van der Waals surface area contributed by atoms with Crippen LogP contribution in [0.15, 0.2) is 60.2 Å². The number of hydrogen-bond acceptors (Lipinski definition) is 10. The lowest BCUT2D eigenvalue weighted by molar-refractivity contribution is -0.172. The van der Waals surface area contributed by atoms with Crippen LogP contribution in [-0.4, -0.2) is 88.5 Å². The molecule has 3 aliphatic rings. The average Bonchev–Trinajstić information content (AvgIpc) is 3.58. The fourth-order valence-corrected chi connectivity index (χ4v) is 6.64. The maximum Gasteiger partial charge on any atom is 0.338 e. The van der Waals surface area contributed by atoms with Crippen molar-refractivity contribution < 1.29 is 48.3 Å². The van der Waals surface area contributed by atoms with Crippen molar-refractivity contribution in [3.05, 3.63) is 80.4 Å². The summed E-state index contributed by atoms with van der Waals surface area (Å²) in [5.74, 6) is -3.46. The Morgan fingerprint density at radius 3 is 2.27 bits per heavy atom. The monoisotopic (exact) mass is 790 g/mol. The first kappa shape index (κ1) is 36.9. The molecule has 12 nitrogen and oxygen atoms in total. The van der Waals surface area contributed by atoms with E-state index in [1.807, 2.05) is 24.3 Å². The van der Waals surface area contributed by atoms with E-state index < -0.39 is 78.2 Å². The zero-order valence-corrected chi connectivity index (χ0v) is 30.1. The summed E-state index contributed by atoms with van der Waals surface area (Å²) in [4.78, 5) is 52.4. The molecule has 0 bridgehead atoms. The van der Waals surface area contributed by atoms with Crippen molar-refractivity contribution in [3.8, 4) is 0 Å². The Morgan fingerprint density at radius 1 is 1.02 bits per heavy atom. The lowest BCUT2D eigenvalue weighted by atomic mass is 9.91. The van der Waals surface area contributed by atoms with Crippen LogP contribution in [0.4, 0.5) is 0 Å². The smallest absolute Gasteiger partial charge is 0.338 e. The Hall–Kier alpha value is -3.37. The maximum absolute atomic E-state index is 13.7. The van der Waals surface area contributed by atoms with E-state index in [1.165, 1.54) is 6.92 Å². The number of fused-ring (bicyclic) bond motifs is 2. The summed E-state index contributed by atoms with van der Waals surface area (Å²) in [5, 5.41) is 25.6. The molecule has 1 spiro atoms. The van der Waals surface area contributed by atoms with Gasteiger partial charge >= 0.3 is 11.9 Å². The van der Waals surface area contributed by atoms with E-state index in [4.69, 9.17) is 18.9 Å². The van der Waals surface area contributed by atoms with E-state index in [-0.39, 0.29) is 24.8 Å². The van der Waals surface area contributed by atoms with Gasteiger partial charge in [0.1, 0.15) is 30.0 Å². The van der Waals surface area contributed by atoms with E-state index in [0.29, 0.717) is 18.4 Å². The van der Waals surface area contributed by atoms with Crippen molar-refractivity contribution >= 4 is 46.3 Å². The molecule has 2 aliphatic carbocycles. The summed E-state index contributed by atoms with van der Waals surface area (Å²) in [6.45, 7) is 6.09. The molecule has 264 valence electrons. The number of hydrogen-bond donors (Lipinski definition) is 4. The Labute approximate surface area is 299 Å². The molecule has 1 aliphatic heterocycles. The molecule has 13 heteroatoms. The Bertz CT molecular complexity index is 1560. The molecule has 4 N–H and O–H groups in total. The van der Waals surface area contributed by atoms with Crippen LogP contribution in [0.5, 0.6) is 0 Å². The fraction of sp³-hybridized carbons (Fsp3) is 0.500. The highest BCUT2D eigenvalue weighted by molar-refractivity contribution is 14.1. The second-order valence-corrected chi connectivity index (χ2v) is 15.0. The van der Waals surface area contributed by atoms with Gasteiger partial charge in [0, 0.05) is 34.8 Å². The number of carbonyl (C=O) groups excluding carboxylic acids is 4. The summed E-state index contributed by atoms with van der Waals surface area (Å²) in [6, 6.07) is 12.6. The van der Waals surface area contributed by atoms with Gasteiger partial charge in [-0.2, -0.15) is 0 Å². The molecule has 0 unspecified atom stereocenters. The second-order valence-electron chi connectivity index (χ2n) is 13.7. The van der Waals surface area contributed by atoms with Crippen LogP contribution in [0.3, 0.4) is 0 Å². The minimum Gasteiger partial charge on any atom is -0.460 e. The van der Waals surface area contributed by atoms with E-state index in [9.17, 15) is 29.4 Å². The van der Waals surface area contributed by atoms with Gasteiger partial charge in [-0.25, -0.2) is 4.79 Å². The first-order valence-electron chi connectivity index (χ1n) is 16.4. The highest BCUT2D eigenvalue weighted by Crippen LogP contribution is 2.45. The lowest BCUT2D eigenvalue weighted by Crippen LogP contribution is -2.55. The zero-order valence-electron chi connectivity index (χ0n) is 27.9. The van der Waals surface area contributed by atoms with E-state index in [1.54, 1.807) is 51.1 Å². The Kier molecular flexibility index (Phi) is 11.5. The molecule has 1 heterocycles. The van der Waals surface area contributed by atoms with Crippen molar-refractivity contribution in [2.24, 2.45) is 0 Å². The molecule has 0 aromatic heterocycles. The zero-order chi connectivity index (χ0) is 35.5. The summed E-state index contributed by atoms with van der Waals surface area (Å²) >= 11 is 2.14. The number of carbonyl (C=O) groups is 4. The van der Waals surface area contributed by atoms with Crippen LogP contribution in [0.2, 0.25) is 0 Å². The molecule has 5 rings (SSSR count). The second kappa shape index (κ2) is 15.3. The van der Waals surface area contributed by atoms with Gasteiger partial charge in [0.2, 0.25) is 11.8 Å². The molecular weight excluding hydrogens is 747 g/mol. The number of amides is 2. The summed E-state index contributed by atoms with van der Waals surface area (Å²) in [7, 11) is 0. The van der Waals surface area contributed by atoms with Gasteiger partial charge in [0.25, 0.3) is 0 Å². The normalized spacial score (nSPS) is 22.6. The largest absolute Gasteiger partial charge is 0.460 e. The standard InChI is InChI=1S/C36H43IN2O10/c1-20(41)30(33(44)38-26(19-40)13-14-29(42)48-35(2,3)4)39-32(43)24-15-27(46-34(45)21-9-11-25(37)12-10-21)31-28(16-24)47-36(49-31)17-22-7-5-6-8-23(22)18-36/h5-12,16,20,26-28,30-31,40-41H,13-15,17-19H2,1-4H3,(H,38,44)(H,39,43)/t20-,26-,27+,28+,30+,31-/m0/s1. The molecule has 2 amide bonds. The van der Waals surface area contributed by atoms with Crippen LogP contribution in [0, 0.1) is 3.57 Å². The molecule has 2 aromatic carbocycles. The third-order valence-electron chi connectivity index (χ3n) is 8.58. The van der Waals surface area contributed by atoms with Gasteiger partial charge in [-0.1, -0.05) is 24.3 Å². The van der Waals surface area contributed by atoms with Gasteiger partial charge in [-0.15, -0.1) is 0 Å². The van der Waals surface area contributed by atoms with Crippen molar-refractivity contribution in [1.29, 1.82) is 0 Å². The van der Waals surface area contributed by atoms with Crippen LogP contribution >= 0.6 is 22.6 Å². The van der Waals surface area contributed by atoms with Crippen molar-refractivity contribution in [1.82, 2.24) is 10.6 Å². The quantitative estimate of drug-likeness (QED) is 0.196. The van der Waals surface area contributed by atoms with Gasteiger partial charge in [0.15, 0.2) is 5.79 Å². The lowest BCUT2D eigenvalue weighted by Gasteiger charge is -2.31. The number of aliphatic hydroxyl groups excluding tert-OH is 2. The van der Waals surface area contributed by atoms with Crippen molar-refractivity contribution in [2.75, 3.05) is 6.61 Å². The van der Waals surface area contributed by atoms with E-state index in [0.717, 1.165) is 14.7 Å². The Balaban J connectivity index is 1.30. The molecule has 6 atom stereocenters. The minimum atomic E-state index is -1.40. The molecule has 1 saturated heterocycles. The minimum absolute atomic E-state index is 0.0290. The third-order valence-corrected chi connectivity index (χ3v) is 9.30. The molecule has 2 aromatic rings. The number of rotatable bonds is 11. The van der Waals surface area contributed by atoms with E-state index >= 15 is 0 Å². The highest BCUT2D eigenvalue weighted by Gasteiger charge is 2.55. The number of ether oxygens (including phenoxy) is 4. The molecule has 49 heavy (non-hydrogen) atoms. The van der Waals surface area contributed by atoms with Crippen molar-refractivity contribution in [3.63, 3.8) is 0 Å². The first-order valence-corrected chi connectivity index (χ1v) is 17.4. The predicted octanol–water partition coefficient (Wildman–Crippen LogP) is 2.89. The van der Waals surface area contributed by atoms with Gasteiger partial charge in [-0.05, 0) is 98.2 Å². The fourth-order valence-electron chi connectivity index (χ4n) is 6.28. The number of esters is 2.